The molecule has 5 heteroatoms. The summed E-state index contributed by atoms with van der Waals surface area (Å²) in [6, 6.07) is 15.6. The van der Waals surface area contributed by atoms with Crippen LogP contribution in [0.2, 0.25) is 0 Å². The van der Waals surface area contributed by atoms with Gasteiger partial charge in [0.05, 0.1) is 18.8 Å². The molecule has 2 aromatic carbocycles. The molecule has 4 nitrogen and oxygen atoms in total. The highest BCUT2D eigenvalue weighted by Crippen LogP contribution is 2.17. The van der Waals surface area contributed by atoms with Crippen LogP contribution in [0.4, 0.5) is 4.39 Å². The SMILES string of the molecule is N[C@@H](Cc1ccc(F)cc1)C(=O)N1CCC(OCc2ccccc2)CC1. The molecule has 1 heterocycles. The summed E-state index contributed by atoms with van der Waals surface area (Å²) in [4.78, 5) is 14.4. The first-order valence-electron chi connectivity index (χ1n) is 9.06. The van der Waals surface area contributed by atoms with E-state index in [0.29, 0.717) is 26.1 Å². The number of hydrogen-bond donors (Lipinski definition) is 1. The number of rotatable bonds is 6. The van der Waals surface area contributed by atoms with E-state index in [-0.39, 0.29) is 17.8 Å². The number of nitrogens with two attached hydrogens (primary N) is 1. The first kappa shape index (κ1) is 18.5. The molecule has 0 aromatic heterocycles. The molecule has 0 spiro atoms. The van der Waals surface area contributed by atoms with Crippen LogP contribution < -0.4 is 5.73 Å². The molecule has 138 valence electrons. The first-order valence-corrected chi connectivity index (χ1v) is 9.06. The van der Waals surface area contributed by atoms with E-state index in [1.165, 1.54) is 12.1 Å². The fourth-order valence-electron chi connectivity index (χ4n) is 3.23. The summed E-state index contributed by atoms with van der Waals surface area (Å²) in [6.45, 7) is 1.92. The van der Waals surface area contributed by atoms with Crippen LogP contribution in [0.25, 0.3) is 0 Å². The van der Waals surface area contributed by atoms with Gasteiger partial charge in [0.1, 0.15) is 5.82 Å². The van der Waals surface area contributed by atoms with E-state index < -0.39 is 6.04 Å². The standard InChI is InChI=1S/C21H25FN2O2/c22-18-8-6-16(7-9-18)14-20(23)21(25)24-12-10-19(11-13-24)26-15-17-4-2-1-3-5-17/h1-9,19-20H,10-15,23H2/t20-/m0/s1. The zero-order valence-electron chi connectivity index (χ0n) is 14.8. The number of piperidine rings is 1. The van der Waals surface area contributed by atoms with Crippen molar-refractivity contribution in [2.24, 2.45) is 5.73 Å². The highest BCUT2D eigenvalue weighted by atomic mass is 19.1. The molecule has 0 bridgehead atoms. The summed E-state index contributed by atoms with van der Waals surface area (Å²) in [5.41, 5.74) is 8.10. The van der Waals surface area contributed by atoms with Gasteiger partial charge in [-0.3, -0.25) is 4.79 Å². The van der Waals surface area contributed by atoms with E-state index in [1.54, 1.807) is 12.1 Å². The minimum Gasteiger partial charge on any atom is -0.373 e. The third kappa shape index (κ3) is 5.13. The molecule has 1 amide bonds. The Labute approximate surface area is 153 Å². The number of carbonyl (C=O) groups excluding carboxylic acids is 1. The molecular formula is C21H25FN2O2. The molecule has 1 aliphatic rings. The van der Waals surface area contributed by atoms with Crippen LogP contribution in [-0.4, -0.2) is 36.0 Å². The van der Waals surface area contributed by atoms with Crippen molar-refractivity contribution in [1.82, 2.24) is 4.90 Å². The predicted molar refractivity (Wildman–Crippen MR) is 98.9 cm³/mol. The van der Waals surface area contributed by atoms with Crippen molar-refractivity contribution in [3.05, 3.63) is 71.5 Å². The number of amides is 1. The Bertz CT molecular complexity index is 698. The minimum absolute atomic E-state index is 0.0455. The van der Waals surface area contributed by atoms with E-state index in [1.807, 2.05) is 35.2 Å². The van der Waals surface area contributed by atoms with Gasteiger partial charge in [-0.2, -0.15) is 0 Å². The van der Waals surface area contributed by atoms with Crippen molar-refractivity contribution in [1.29, 1.82) is 0 Å². The average molecular weight is 356 g/mol. The molecule has 0 unspecified atom stereocenters. The number of hydrogen-bond acceptors (Lipinski definition) is 3. The number of halogens is 1. The first-order chi connectivity index (χ1) is 12.6. The maximum Gasteiger partial charge on any atom is 0.239 e. The summed E-state index contributed by atoms with van der Waals surface area (Å²) >= 11 is 0. The lowest BCUT2D eigenvalue weighted by atomic mass is 10.0. The molecule has 1 fully saturated rings. The minimum atomic E-state index is -0.595. The molecule has 26 heavy (non-hydrogen) atoms. The van der Waals surface area contributed by atoms with Crippen molar-refractivity contribution in [2.75, 3.05) is 13.1 Å². The molecule has 1 saturated heterocycles. The van der Waals surface area contributed by atoms with Crippen LogP contribution in [0.15, 0.2) is 54.6 Å². The van der Waals surface area contributed by atoms with Gasteiger partial charge in [0.2, 0.25) is 5.91 Å². The fourth-order valence-corrected chi connectivity index (χ4v) is 3.23. The van der Waals surface area contributed by atoms with Crippen molar-refractivity contribution < 1.29 is 13.9 Å². The zero-order valence-corrected chi connectivity index (χ0v) is 14.8. The van der Waals surface area contributed by atoms with Gasteiger partial charge in [0, 0.05) is 13.1 Å². The summed E-state index contributed by atoms with van der Waals surface area (Å²) in [5, 5.41) is 0. The molecule has 3 rings (SSSR count). The number of likely N-dealkylation sites (tertiary alicyclic amines) is 1. The lowest BCUT2D eigenvalue weighted by Gasteiger charge is -2.33. The van der Waals surface area contributed by atoms with E-state index in [2.05, 4.69) is 0 Å². The van der Waals surface area contributed by atoms with Gasteiger partial charge in [-0.15, -0.1) is 0 Å². The van der Waals surface area contributed by atoms with Crippen LogP contribution in [0.5, 0.6) is 0 Å². The van der Waals surface area contributed by atoms with Gasteiger partial charge in [-0.1, -0.05) is 42.5 Å². The summed E-state index contributed by atoms with van der Waals surface area (Å²) in [7, 11) is 0. The predicted octanol–water partition coefficient (Wildman–Crippen LogP) is 2.90. The van der Waals surface area contributed by atoms with Crippen LogP contribution in [0.1, 0.15) is 24.0 Å². The fraction of sp³-hybridized carbons (Fsp3) is 0.381. The number of nitrogens with zero attached hydrogens (tertiary/aromatic N) is 1. The molecule has 0 aliphatic carbocycles. The molecule has 1 aliphatic heterocycles. The van der Waals surface area contributed by atoms with Gasteiger partial charge in [-0.05, 0) is 42.5 Å². The van der Waals surface area contributed by atoms with E-state index in [0.717, 1.165) is 24.0 Å². The van der Waals surface area contributed by atoms with Crippen LogP contribution in [0, 0.1) is 5.82 Å². The van der Waals surface area contributed by atoms with Gasteiger partial charge in [-0.25, -0.2) is 4.39 Å². The smallest absolute Gasteiger partial charge is 0.239 e. The summed E-state index contributed by atoms with van der Waals surface area (Å²) in [6.07, 6.45) is 2.24. The quantitative estimate of drug-likeness (QED) is 0.866. The van der Waals surface area contributed by atoms with Crippen molar-refractivity contribution in [3.8, 4) is 0 Å². The second-order valence-corrected chi connectivity index (χ2v) is 6.76. The van der Waals surface area contributed by atoms with Crippen LogP contribution >= 0.6 is 0 Å². The number of ether oxygens (including phenoxy) is 1. The Morgan fingerprint density at radius 3 is 2.38 bits per heavy atom. The summed E-state index contributed by atoms with van der Waals surface area (Å²) in [5.74, 6) is -0.331. The maximum absolute atomic E-state index is 13.0. The molecule has 0 saturated carbocycles. The van der Waals surface area contributed by atoms with Crippen LogP contribution in [0.3, 0.4) is 0 Å². The van der Waals surface area contributed by atoms with Crippen molar-refractivity contribution in [3.63, 3.8) is 0 Å². The second kappa shape index (κ2) is 8.92. The lowest BCUT2D eigenvalue weighted by molar-refractivity contribution is -0.135. The van der Waals surface area contributed by atoms with Crippen molar-refractivity contribution >= 4 is 5.91 Å². The van der Waals surface area contributed by atoms with Gasteiger partial charge in [0.15, 0.2) is 0 Å². The number of carbonyl (C=O) groups is 1. The van der Waals surface area contributed by atoms with Gasteiger partial charge >= 0.3 is 0 Å². The molecule has 2 aromatic rings. The van der Waals surface area contributed by atoms with Crippen molar-refractivity contribution in [2.45, 2.75) is 38.0 Å². The highest BCUT2D eigenvalue weighted by molar-refractivity contribution is 5.82. The Kier molecular flexibility index (Phi) is 6.36. The Hall–Kier alpha value is -2.24. The molecular weight excluding hydrogens is 331 g/mol. The third-order valence-corrected chi connectivity index (χ3v) is 4.77. The zero-order chi connectivity index (χ0) is 18.4. The molecule has 0 radical (unpaired) electrons. The highest BCUT2D eigenvalue weighted by Gasteiger charge is 2.26. The van der Waals surface area contributed by atoms with E-state index >= 15 is 0 Å². The Balaban J connectivity index is 1.43. The summed E-state index contributed by atoms with van der Waals surface area (Å²) < 4.78 is 18.9. The maximum atomic E-state index is 13.0. The van der Waals surface area contributed by atoms with E-state index in [4.69, 9.17) is 10.5 Å². The van der Waals surface area contributed by atoms with E-state index in [9.17, 15) is 9.18 Å². The molecule has 1 atom stereocenters. The third-order valence-electron chi connectivity index (χ3n) is 4.77. The van der Waals surface area contributed by atoms with Gasteiger partial charge < -0.3 is 15.4 Å². The number of benzene rings is 2. The van der Waals surface area contributed by atoms with Gasteiger partial charge in [0.25, 0.3) is 0 Å². The van der Waals surface area contributed by atoms with Crippen LogP contribution in [-0.2, 0) is 22.6 Å². The average Bonchev–Trinajstić information content (AvgIpc) is 2.69. The molecule has 2 N–H and O–H groups in total. The second-order valence-electron chi connectivity index (χ2n) is 6.76. The Morgan fingerprint density at radius 1 is 1.08 bits per heavy atom. The monoisotopic (exact) mass is 356 g/mol. The topological polar surface area (TPSA) is 55.6 Å². The normalized spacial score (nSPS) is 16.5. The largest absolute Gasteiger partial charge is 0.373 e. The Morgan fingerprint density at radius 2 is 1.73 bits per heavy atom. The lowest BCUT2D eigenvalue weighted by Crippen LogP contribution is -2.49.